The number of nitrogens with zero attached hydrogens (tertiary/aromatic N) is 2. The fraction of sp³-hybridized carbons (Fsp3) is 0.321. The average Bonchev–Trinajstić information content (AvgIpc) is 3.18. The van der Waals surface area contributed by atoms with Crippen molar-refractivity contribution in [2.24, 2.45) is 21.4 Å². The standard InChI is InChI=1S/C28H27N3O5/c1-26(2)27(3)14-15-28(26,25(33)29-22-13-7-9-18-8-4-5-12-21(18)22)17-23(27)30-36-24(32)19-10-6-11-20(16-19)31(34)35/h4-13,16H,14-15,17H2,1-3H3,(H,29,33). The summed E-state index contributed by atoms with van der Waals surface area (Å²) in [5.74, 6) is -0.840. The van der Waals surface area contributed by atoms with Crippen molar-refractivity contribution in [3.05, 3.63) is 82.4 Å². The van der Waals surface area contributed by atoms with E-state index in [1.807, 2.05) is 42.5 Å². The summed E-state index contributed by atoms with van der Waals surface area (Å²) in [5.41, 5.74) is -0.323. The Balaban J connectivity index is 1.42. The Kier molecular flexibility index (Phi) is 5.43. The second-order valence-corrected chi connectivity index (χ2v) is 10.4. The quantitative estimate of drug-likeness (QED) is 0.266. The SMILES string of the molecule is CC12CCC(C(=O)Nc3cccc4ccccc34)(CC1=NOC(=O)c1cccc([N+](=O)[O-])c1)C2(C)C. The molecule has 2 bridgehead atoms. The highest BCUT2D eigenvalue weighted by molar-refractivity contribution is 6.09. The fourth-order valence-electron chi connectivity index (χ4n) is 5.99. The first kappa shape index (κ1) is 23.7. The largest absolute Gasteiger partial charge is 0.365 e. The summed E-state index contributed by atoms with van der Waals surface area (Å²) in [4.78, 5) is 42.2. The number of anilines is 1. The van der Waals surface area contributed by atoms with Gasteiger partial charge in [-0.1, -0.05) is 68.4 Å². The second kappa shape index (κ2) is 8.26. The van der Waals surface area contributed by atoms with Crippen molar-refractivity contribution >= 4 is 39.7 Å². The monoisotopic (exact) mass is 485 g/mol. The number of rotatable bonds is 5. The highest BCUT2D eigenvalue weighted by atomic mass is 16.7. The number of benzene rings is 3. The molecule has 0 aliphatic heterocycles. The van der Waals surface area contributed by atoms with Gasteiger partial charge in [0.1, 0.15) is 0 Å². The van der Waals surface area contributed by atoms with Gasteiger partial charge in [0.05, 0.1) is 21.6 Å². The summed E-state index contributed by atoms with van der Waals surface area (Å²) in [6.07, 6.45) is 1.80. The van der Waals surface area contributed by atoms with E-state index < -0.39 is 27.1 Å². The van der Waals surface area contributed by atoms with Gasteiger partial charge in [0, 0.05) is 35.0 Å². The topological polar surface area (TPSA) is 111 Å². The summed E-state index contributed by atoms with van der Waals surface area (Å²) in [6.45, 7) is 6.22. The van der Waals surface area contributed by atoms with Gasteiger partial charge < -0.3 is 10.2 Å². The number of nitro groups is 1. The van der Waals surface area contributed by atoms with Crippen LogP contribution in [-0.2, 0) is 9.63 Å². The first-order chi connectivity index (χ1) is 17.1. The van der Waals surface area contributed by atoms with Crippen molar-refractivity contribution in [1.82, 2.24) is 0 Å². The van der Waals surface area contributed by atoms with Gasteiger partial charge in [-0.15, -0.1) is 0 Å². The Hall–Kier alpha value is -4.07. The molecule has 2 atom stereocenters. The van der Waals surface area contributed by atoms with Crippen LogP contribution in [0.5, 0.6) is 0 Å². The van der Waals surface area contributed by atoms with Crippen LogP contribution >= 0.6 is 0 Å². The number of amides is 1. The summed E-state index contributed by atoms with van der Waals surface area (Å²) in [6, 6.07) is 19.1. The Morgan fingerprint density at radius 1 is 1.00 bits per heavy atom. The average molecular weight is 486 g/mol. The smallest absolute Gasteiger partial charge is 0.325 e. The third-order valence-corrected chi connectivity index (χ3v) is 8.74. The van der Waals surface area contributed by atoms with E-state index in [0.717, 1.165) is 28.9 Å². The number of non-ortho nitro benzene ring substituents is 1. The minimum atomic E-state index is -0.773. The van der Waals surface area contributed by atoms with Crippen LogP contribution in [0.25, 0.3) is 10.8 Å². The molecule has 36 heavy (non-hydrogen) atoms. The van der Waals surface area contributed by atoms with Gasteiger partial charge in [0.2, 0.25) is 5.91 Å². The van der Waals surface area contributed by atoms with E-state index in [1.54, 1.807) is 0 Å². The Morgan fingerprint density at radius 2 is 1.72 bits per heavy atom. The van der Waals surface area contributed by atoms with Crippen LogP contribution < -0.4 is 5.32 Å². The van der Waals surface area contributed by atoms with Gasteiger partial charge in [-0.3, -0.25) is 14.9 Å². The number of carbonyl (C=O) groups excluding carboxylic acids is 2. The molecular formula is C28H27N3O5. The zero-order valence-electron chi connectivity index (χ0n) is 20.4. The summed E-state index contributed by atoms with van der Waals surface area (Å²) in [5, 5.41) is 20.5. The lowest BCUT2D eigenvalue weighted by atomic mass is 9.64. The van der Waals surface area contributed by atoms with Gasteiger partial charge in [0.25, 0.3) is 5.69 Å². The number of carbonyl (C=O) groups is 2. The molecule has 1 amide bonds. The minimum Gasteiger partial charge on any atom is -0.325 e. The van der Waals surface area contributed by atoms with Gasteiger partial charge in [-0.05, 0) is 35.8 Å². The summed E-state index contributed by atoms with van der Waals surface area (Å²) in [7, 11) is 0. The van der Waals surface area contributed by atoms with Gasteiger partial charge >= 0.3 is 5.97 Å². The molecule has 3 aromatic carbocycles. The lowest BCUT2D eigenvalue weighted by molar-refractivity contribution is -0.384. The highest BCUT2D eigenvalue weighted by Crippen LogP contribution is 2.71. The molecule has 2 saturated carbocycles. The maximum Gasteiger partial charge on any atom is 0.365 e. The predicted octanol–water partition coefficient (Wildman–Crippen LogP) is 6.12. The van der Waals surface area contributed by atoms with E-state index in [-0.39, 0.29) is 17.2 Å². The zero-order chi connectivity index (χ0) is 25.7. The van der Waals surface area contributed by atoms with Crippen molar-refractivity contribution in [2.75, 3.05) is 5.32 Å². The maximum absolute atomic E-state index is 13.9. The molecule has 5 rings (SSSR count). The normalized spacial score (nSPS) is 25.1. The predicted molar refractivity (Wildman–Crippen MR) is 137 cm³/mol. The Morgan fingerprint density at radius 3 is 2.50 bits per heavy atom. The number of hydrogen-bond donors (Lipinski definition) is 1. The van der Waals surface area contributed by atoms with Crippen LogP contribution in [0.3, 0.4) is 0 Å². The molecule has 0 radical (unpaired) electrons. The molecule has 2 unspecified atom stereocenters. The zero-order valence-corrected chi connectivity index (χ0v) is 20.4. The number of nitrogens with one attached hydrogen (secondary N) is 1. The third-order valence-electron chi connectivity index (χ3n) is 8.74. The summed E-state index contributed by atoms with van der Waals surface area (Å²) < 4.78 is 0. The fourth-order valence-corrected chi connectivity index (χ4v) is 5.99. The van der Waals surface area contributed by atoms with Crippen molar-refractivity contribution in [3.63, 3.8) is 0 Å². The van der Waals surface area contributed by atoms with E-state index in [2.05, 4.69) is 31.2 Å². The van der Waals surface area contributed by atoms with E-state index in [1.165, 1.54) is 18.2 Å². The Bertz CT molecular complexity index is 1440. The number of nitro benzene ring substituents is 1. The molecule has 184 valence electrons. The molecule has 8 heteroatoms. The molecule has 2 aliphatic rings. The van der Waals surface area contributed by atoms with Crippen LogP contribution in [0.15, 0.2) is 71.9 Å². The lowest BCUT2D eigenvalue weighted by Gasteiger charge is -2.39. The molecule has 2 aliphatic carbocycles. The van der Waals surface area contributed by atoms with Crippen LogP contribution in [0.1, 0.15) is 50.4 Å². The molecular weight excluding hydrogens is 458 g/mol. The molecule has 1 N–H and O–H groups in total. The molecule has 0 heterocycles. The molecule has 2 fully saturated rings. The first-order valence-electron chi connectivity index (χ1n) is 11.9. The van der Waals surface area contributed by atoms with E-state index in [9.17, 15) is 19.7 Å². The van der Waals surface area contributed by atoms with E-state index in [0.29, 0.717) is 18.6 Å². The molecule has 3 aromatic rings. The number of oxime groups is 1. The molecule has 0 saturated heterocycles. The van der Waals surface area contributed by atoms with Gasteiger partial charge in [0.15, 0.2) is 0 Å². The van der Waals surface area contributed by atoms with Crippen molar-refractivity contribution < 1.29 is 19.3 Å². The number of fused-ring (bicyclic) bond motifs is 3. The third kappa shape index (κ3) is 3.39. The van der Waals surface area contributed by atoms with Gasteiger partial charge in [-0.25, -0.2) is 4.79 Å². The van der Waals surface area contributed by atoms with Crippen molar-refractivity contribution in [3.8, 4) is 0 Å². The molecule has 0 aromatic heterocycles. The van der Waals surface area contributed by atoms with Crippen LogP contribution in [0.2, 0.25) is 0 Å². The first-order valence-corrected chi connectivity index (χ1v) is 11.9. The van der Waals surface area contributed by atoms with Crippen LogP contribution in [0.4, 0.5) is 11.4 Å². The lowest BCUT2D eigenvalue weighted by Crippen LogP contribution is -2.43. The molecule has 8 nitrogen and oxygen atoms in total. The van der Waals surface area contributed by atoms with Crippen LogP contribution in [0, 0.1) is 26.4 Å². The van der Waals surface area contributed by atoms with Gasteiger partial charge in [-0.2, -0.15) is 0 Å². The van der Waals surface area contributed by atoms with Crippen LogP contribution in [-0.4, -0.2) is 22.5 Å². The molecule has 0 spiro atoms. The maximum atomic E-state index is 13.9. The minimum absolute atomic E-state index is 0.0459. The van der Waals surface area contributed by atoms with Crippen molar-refractivity contribution in [1.29, 1.82) is 0 Å². The number of hydrogen-bond acceptors (Lipinski definition) is 6. The van der Waals surface area contributed by atoms with E-state index in [4.69, 9.17) is 4.84 Å². The highest BCUT2D eigenvalue weighted by Gasteiger charge is 2.71. The second-order valence-electron chi connectivity index (χ2n) is 10.4. The Labute approximate surface area is 208 Å². The van der Waals surface area contributed by atoms with E-state index >= 15 is 0 Å². The summed E-state index contributed by atoms with van der Waals surface area (Å²) >= 11 is 0. The van der Waals surface area contributed by atoms with Crippen molar-refractivity contribution in [2.45, 2.75) is 40.0 Å².